The summed E-state index contributed by atoms with van der Waals surface area (Å²) in [5.74, 6) is 0.869. The molecule has 0 atom stereocenters. The molecule has 0 saturated carbocycles. The number of aromatic nitrogens is 2. The second kappa shape index (κ2) is 5.81. The minimum atomic E-state index is -3.40. The summed E-state index contributed by atoms with van der Waals surface area (Å²) in [5.41, 5.74) is 0. The molecular formula is C9H17ClN4O2S. The molecule has 0 radical (unpaired) electrons. The monoisotopic (exact) mass is 280 g/mol. The summed E-state index contributed by atoms with van der Waals surface area (Å²) < 4.78 is 28.2. The average molecular weight is 281 g/mol. The number of halogens is 1. The van der Waals surface area contributed by atoms with Gasteiger partial charge in [0.2, 0.25) is 0 Å². The molecule has 1 aliphatic rings. The number of sulfonamides is 1. The van der Waals surface area contributed by atoms with Crippen LogP contribution in [0.2, 0.25) is 0 Å². The lowest BCUT2D eigenvalue weighted by atomic mass is 10.4. The maximum Gasteiger partial charge on any atom is 0.257 e. The molecule has 17 heavy (non-hydrogen) atoms. The molecule has 1 aliphatic heterocycles. The number of aryl methyl sites for hydroxylation is 1. The zero-order valence-corrected chi connectivity index (χ0v) is 11.3. The summed E-state index contributed by atoms with van der Waals surface area (Å²) in [4.78, 5) is 4.12. The Balaban J connectivity index is 0.00000144. The molecule has 2 heterocycles. The SMILES string of the molecule is CNCCNS(=O)(=O)c1cnc2n1CCC2.Cl. The summed E-state index contributed by atoms with van der Waals surface area (Å²) in [6.07, 6.45) is 3.28. The van der Waals surface area contributed by atoms with Crippen molar-refractivity contribution in [3.8, 4) is 0 Å². The maximum atomic E-state index is 11.9. The van der Waals surface area contributed by atoms with Gasteiger partial charge in [0.15, 0.2) is 5.03 Å². The van der Waals surface area contributed by atoms with E-state index < -0.39 is 10.0 Å². The molecule has 0 unspecified atom stereocenters. The van der Waals surface area contributed by atoms with Crippen LogP contribution in [0.25, 0.3) is 0 Å². The van der Waals surface area contributed by atoms with Crippen LogP contribution in [-0.4, -0.2) is 38.1 Å². The highest BCUT2D eigenvalue weighted by Gasteiger charge is 2.24. The van der Waals surface area contributed by atoms with Gasteiger partial charge < -0.3 is 9.88 Å². The fourth-order valence-corrected chi connectivity index (χ4v) is 3.03. The zero-order valence-electron chi connectivity index (χ0n) is 9.64. The van der Waals surface area contributed by atoms with Gasteiger partial charge in [0.1, 0.15) is 5.82 Å². The third-order valence-electron chi connectivity index (χ3n) is 2.63. The fourth-order valence-electron chi connectivity index (χ4n) is 1.83. The quantitative estimate of drug-likeness (QED) is 0.729. The Labute approximate surface area is 107 Å². The van der Waals surface area contributed by atoms with Crippen LogP contribution in [0.15, 0.2) is 11.2 Å². The highest BCUT2D eigenvalue weighted by Crippen LogP contribution is 2.19. The molecule has 0 fully saturated rings. The summed E-state index contributed by atoms with van der Waals surface area (Å²) in [6, 6.07) is 0. The number of nitrogens with one attached hydrogen (secondary N) is 2. The van der Waals surface area contributed by atoms with E-state index in [1.165, 1.54) is 6.20 Å². The van der Waals surface area contributed by atoms with Crippen LogP contribution in [-0.2, 0) is 23.0 Å². The fraction of sp³-hybridized carbons (Fsp3) is 0.667. The largest absolute Gasteiger partial charge is 0.318 e. The Morgan fingerprint density at radius 3 is 2.94 bits per heavy atom. The second-order valence-electron chi connectivity index (χ2n) is 3.77. The molecule has 1 aromatic rings. The first-order valence-electron chi connectivity index (χ1n) is 5.34. The Morgan fingerprint density at radius 1 is 1.47 bits per heavy atom. The third kappa shape index (κ3) is 2.98. The normalized spacial score (nSPS) is 14.4. The lowest BCUT2D eigenvalue weighted by Crippen LogP contribution is -2.31. The summed E-state index contributed by atoms with van der Waals surface area (Å²) in [5, 5.41) is 3.18. The van der Waals surface area contributed by atoms with E-state index in [-0.39, 0.29) is 17.4 Å². The number of nitrogens with zero attached hydrogens (tertiary/aromatic N) is 2. The molecule has 0 amide bonds. The molecule has 98 valence electrons. The molecule has 8 heteroatoms. The molecule has 2 rings (SSSR count). The molecule has 0 bridgehead atoms. The highest BCUT2D eigenvalue weighted by molar-refractivity contribution is 7.89. The van der Waals surface area contributed by atoms with Gasteiger partial charge in [-0.1, -0.05) is 0 Å². The van der Waals surface area contributed by atoms with E-state index in [0.29, 0.717) is 13.1 Å². The van der Waals surface area contributed by atoms with Crippen molar-refractivity contribution in [1.29, 1.82) is 0 Å². The van der Waals surface area contributed by atoms with E-state index in [0.717, 1.165) is 25.2 Å². The molecule has 0 saturated heterocycles. The first kappa shape index (κ1) is 14.4. The molecule has 6 nitrogen and oxygen atoms in total. The van der Waals surface area contributed by atoms with Gasteiger partial charge in [-0.3, -0.25) is 0 Å². The van der Waals surface area contributed by atoms with E-state index in [9.17, 15) is 8.42 Å². The van der Waals surface area contributed by atoms with Crippen molar-refractivity contribution >= 4 is 22.4 Å². The van der Waals surface area contributed by atoms with Crippen LogP contribution in [0.4, 0.5) is 0 Å². The van der Waals surface area contributed by atoms with Crippen LogP contribution in [0.3, 0.4) is 0 Å². The lowest BCUT2D eigenvalue weighted by Gasteiger charge is -2.07. The Morgan fingerprint density at radius 2 is 2.24 bits per heavy atom. The van der Waals surface area contributed by atoms with Gasteiger partial charge in [-0.05, 0) is 13.5 Å². The smallest absolute Gasteiger partial charge is 0.257 e. The number of hydrogen-bond acceptors (Lipinski definition) is 4. The predicted octanol–water partition coefficient (Wildman–Crippen LogP) is -0.251. The summed E-state index contributed by atoms with van der Waals surface area (Å²) >= 11 is 0. The van der Waals surface area contributed by atoms with E-state index in [4.69, 9.17) is 0 Å². The number of rotatable bonds is 5. The molecular weight excluding hydrogens is 264 g/mol. The molecule has 0 spiro atoms. The van der Waals surface area contributed by atoms with Gasteiger partial charge in [0.25, 0.3) is 10.0 Å². The van der Waals surface area contributed by atoms with Gasteiger partial charge in [-0.25, -0.2) is 18.1 Å². The van der Waals surface area contributed by atoms with Crippen molar-refractivity contribution in [1.82, 2.24) is 19.6 Å². The number of imidazole rings is 1. The van der Waals surface area contributed by atoms with Gasteiger partial charge in [-0.15, -0.1) is 12.4 Å². The average Bonchev–Trinajstić information content (AvgIpc) is 2.77. The van der Waals surface area contributed by atoms with Crippen LogP contribution >= 0.6 is 12.4 Å². The minimum Gasteiger partial charge on any atom is -0.318 e. The van der Waals surface area contributed by atoms with E-state index >= 15 is 0 Å². The maximum absolute atomic E-state index is 11.9. The van der Waals surface area contributed by atoms with Crippen LogP contribution < -0.4 is 10.0 Å². The van der Waals surface area contributed by atoms with Gasteiger partial charge >= 0.3 is 0 Å². The van der Waals surface area contributed by atoms with Crippen molar-refractivity contribution < 1.29 is 8.42 Å². The van der Waals surface area contributed by atoms with Crippen molar-refractivity contribution in [3.05, 3.63) is 12.0 Å². The van der Waals surface area contributed by atoms with Gasteiger partial charge in [0.05, 0.1) is 6.20 Å². The molecule has 1 aromatic heterocycles. The standard InChI is InChI=1S/C9H16N4O2S.ClH/c1-10-4-5-12-16(14,15)9-7-11-8-3-2-6-13(8)9;/h7,10,12H,2-6H2,1H3;1H. The van der Waals surface area contributed by atoms with Crippen LogP contribution in [0, 0.1) is 0 Å². The van der Waals surface area contributed by atoms with Crippen molar-refractivity contribution in [2.75, 3.05) is 20.1 Å². The molecule has 0 aromatic carbocycles. The number of fused-ring (bicyclic) bond motifs is 1. The highest BCUT2D eigenvalue weighted by atomic mass is 35.5. The van der Waals surface area contributed by atoms with Crippen LogP contribution in [0.5, 0.6) is 0 Å². The Bertz CT molecular complexity index is 471. The second-order valence-corrected chi connectivity index (χ2v) is 5.48. The molecule has 0 aliphatic carbocycles. The summed E-state index contributed by atoms with van der Waals surface area (Å²) in [6.45, 7) is 1.75. The van der Waals surface area contributed by atoms with Crippen molar-refractivity contribution in [2.24, 2.45) is 0 Å². The first-order chi connectivity index (χ1) is 7.65. The summed E-state index contributed by atoms with van der Waals surface area (Å²) in [7, 11) is -1.62. The van der Waals surface area contributed by atoms with E-state index in [2.05, 4.69) is 15.0 Å². The number of likely N-dealkylation sites (N-methyl/N-ethyl adjacent to an activating group) is 1. The first-order valence-corrected chi connectivity index (χ1v) is 6.82. The Hall–Kier alpha value is -0.630. The zero-order chi connectivity index (χ0) is 11.6. The third-order valence-corrected chi connectivity index (χ3v) is 4.09. The van der Waals surface area contributed by atoms with Crippen molar-refractivity contribution in [3.63, 3.8) is 0 Å². The van der Waals surface area contributed by atoms with E-state index in [1.807, 2.05) is 0 Å². The van der Waals surface area contributed by atoms with Gasteiger partial charge in [-0.2, -0.15) is 0 Å². The topological polar surface area (TPSA) is 76.0 Å². The van der Waals surface area contributed by atoms with Crippen LogP contribution in [0.1, 0.15) is 12.2 Å². The lowest BCUT2D eigenvalue weighted by molar-refractivity contribution is 0.563. The minimum absolute atomic E-state index is 0. The van der Waals surface area contributed by atoms with Crippen molar-refractivity contribution in [2.45, 2.75) is 24.4 Å². The number of hydrogen-bond donors (Lipinski definition) is 2. The molecule has 2 N–H and O–H groups in total. The van der Waals surface area contributed by atoms with E-state index in [1.54, 1.807) is 11.6 Å². The predicted molar refractivity (Wildman–Crippen MR) is 66.9 cm³/mol. The Kier molecular flexibility index (Phi) is 4.93. The van der Waals surface area contributed by atoms with Gasteiger partial charge in [0, 0.05) is 26.1 Å².